The van der Waals surface area contributed by atoms with Gasteiger partial charge in [0.1, 0.15) is 0 Å². The van der Waals surface area contributed by atoms with Gasteiger partial charge in [0.25, 0.3) is 0 Å². The van der Waals surface area contributed by atoms with Crippen LogP contribution in [0.5, 0.6) is 0 Å². The molecule has 6 aromatic carbocycles. The van der Waals surface area contributed by atoms with Crippen LogP contribution in [0.1, 0.15) is 84.4 Å². The minimum atomic E-state index is -1.70. The molecule has 1 aliphatic carbocycles. The molecule has 0 atom stereocenters. The number of carboxylic acid groups (broad SMARTS) is 6. The van der Waals surface area contributed by atoms with Crippen molar-refractivity contribution in [2.24, 2.45) is 0 Å². The molecule has 6 aromatic rings. The molecule has 0 saturated heterocycles. The van der Waals surface area contributed by atoms with Crippen LogP contribution in [-0.2, 0) is 5.41 Å². The predicted octanol–water partition coefficient (Wildman–Crippen LogP) is 7.57. The van der Waals surface area contributed by atoms with Crippen LogP contribution in [0.25, 0.3) is 33.4 Å². The first-order valence-corrected chi connectivity index (χ1v) is 16.4. The number of carbonyl (C=O) groups is 6. The van der Waals surface area contributed by atoms with Crippen LogP contribution >= 0.6 is 0 Å². The van der Waals surface area contributed by atoms with Crippen molar-refractivity contribution in [3.05, 3.63) is 177 Å². The first-order valence-electron chi connectivity index (χ1n) is 16.4. The summed E-state index contributed by atoms with van der Waals surface area (Å²) in [6.07, 6.45) is 0. The first kappa shape index (κ1) is 35.5. The molecule has 12 nitrogen and oxygen atoms in total. The maximum Gasteiger partial charge on any atom is 0.336 e. The molecule has 12 heteroatoms. The average Bonchev–Trinajstić information content (AvgIpc) is 3.47. The van der Waals surface area contributed by atoms with Crippen molar-refractivity contribution in [3.63, 3.8) is 0 Å². The summed E-state index contributed by atoms with van der Waals surface area (Å²) in [6.45, 7) is 0. The fourth-order valence-electron chi connectivity index (χ4n) is 7.78. The second-order valence-corrected chi connectivity index (χ2v) is 12.6. The summed E-state index contributed by atoms with van der Waals surface area (Å²) >= 11 is 0. The largest absolute Gasteiger partial charge is 0.478 e. The molecule has 55 heavy (non-hydrogen) atoms. The Balaban J connectivity index is 1.65. The van der Waals surface area contributed by atoms with E-state index in [1.165, 1.54) is 36.4 Å². The van der Waals surface area contributed by atoms with Crippen LogP contribution in [0.15, 0.2) is 121 Å². The summed E-state index contributed by atoms with van der Waals surface area (Å²) in [4.78, 5) is 75.3. The van der Waals surface area contributed by atoms with E-state index in [1.54, 1.807) is 48.5 Å². The van der Waals surface area contributed by atoms with E-state index in [1.807, 2.05) is 12.1 Å². The van der Waals surface area contributed by atoms with Crippen molar-refractivity contribution < 1.29 is 59.4 Å². The van der Waals surface area contributed by atoms with Gasteiger partial charge >= 0.3 is 35.8 Å². The molecule has 0 amide bonds. The van der Waals surface area contributed by atoms with E-state index in [0.717, 1.165) is 24.3 Å². The number of hydrogen-bond acceptors (Lipinski definition) is 6. The Labute approximate surface area is 310 Å². The Hall–Kier alpha value is -7.86. The van der Waals surface area contributed by atoms with Crippen LogP contribution in [0.2, 0.25) is 0 Å². The van der Waals surface area contributed by atoms with E-state index >= 15 is 0 Å². The van der Waals surface area contributed by atoms with E-state index in [4.69, 9.17) is 0 Å². The molecule has 0 radical (unpaired) electrons. The Kier molecular flexibility index (Phi) is 8.58. The Morgan fingerprint density at radius 3 is 1.00 bits per heavy atom. The van der Waals surface area contributed by atoms with Crippen molar-refractivity contribution in [1.82, 2.24) is 0 Å². The van der Waals surface area contributed by atoms with Crippen LogP contribution in [0.4, 0.5) is 0 Å². The molecule has 0 fully saturated rings. The molecule has 0 aliphatic heterocycles. The van der Waals surface area contributed by atoms with Gasteiger partial charge in [0.2, 0.25) is 0 Å². The molecule has 0 saturated carbocycles. The summed E-state index contributed by atoms with van der Waals surface area (Å²) in [5.74, 6) is -8.99. The highest BCUT2D eigenvalue weighted by molar-refractivity contribution is 6.07. The molecule has 0 heterocycles. The number of fused-ring (bicyclic) bond motifs is 3. The van der Waals surface area contributed by atoms with E-state index < -0.39 is 63.5 Å². The zero-order chi connectivity index (χ0) is 39.3. The minimum Gasteiger partial charge on any atom is -0.478 e. The number of benzene rings is 6. The highest BCUT2D eigenvalue weighted by Crippen LogP contribution is 2.58. The Morgan fingerprint density at radius 1 is 0.327 bits per heavy atom. The molecule has 270 valence electrons. The fourth-order valence-corrected chi connectivity index (χ4v) is 7.78. The number of aromatic carboxylic acids is 6. The number of rotatable bonds is 10. The van der Waals surface area contributed by atoms with Gasteiger partial charge in [-0.15, -0.1) is 0 Å². The Bertz CT molecular complexity index is 2510. The predicted molar refractivity (Wildman–Crippen MR) is 196 cm³/mol. The normalized spacial score (nSPS) is 12.3. The zero-order valence-corrected chi connectivity index (χ0v) is 28.2. The van der Waals surface area contributed by atoms with Crippen molar-refractivity contribution in [1.29, 1.82) is 0 Å². The fraction of sp³-hybridized carbons (Fsp3) is 0.0233. The highest BCUT2D eigenvalue weighted by Gasteiger charge is 2.50. The van der Waals surface area contributed by atoms with Crippen LogP contribution in [0.3, 0.4) is 0 Å². The lowest BCUT2D eigenvalue weighted by atomic mass is 9.64. The molecule has 0 bridgehead atoms. The van der Waals surface area contributed by atoms with Crippen LogP contribution in [0, 0.1) is 0 Å². The summed E-state index contributed by atoms with van der Waals surface area (Å²) in [5.41, 5.74) is -1.78. The quantitative estimate of drug-likeness (QED) is 0.0800. The van der Waals surface area contributed by atoms with Crippen molar-refractivity contribution >= 4 is 35.8 Å². The number of hydrogen-bond donors (Lipinski definition) is 6. The second kappa shape index (κ2) is 13.3. The second-order valence-electron chi connectivity index (χ2n) is 12.6. The van der Waals surface area contributed by atoms with Gasteiger partial charge in [0.05, 0.1) is 38.8 Å². The SMILES string of the molecule is O=C(O)c1ccc(-c2cccc(C3(c4cccc(-c5ccc(C(=O)O)c(C(=O)O)c5)c4C(=O)O)c4ccccc4-c4ccccc43)c2C(=O)O)cc1C(=O)O. The van der Waals surface area contributed by atoms with Crippen LogP contribution < -0.4 is 0 Å². The lowest BCUT2D eigenvalue weighted by Gasteiger charge is -2.36. The van der Waals surface area contributed by atoms with Crippen molar-refractivity contribution in [2.75, 3.05) is 0 Å². The van der Waals surface area contributed by atoms with Gasteiger partial charge in [-0.05, 0) is 79.9 Å². The van der Waals surface area contributed by atoms with Crippen molar-refractivity contribution in [3.8, 4) is 33.4 Å². The summed E-state index contributed by atoms with van der Waals surface area (Å²) in [5, 5.41) is 61.2. The van der Waals surface area contributed by atoms with Crippen LogP contribution in [-0.4, -0.2) is 66.5 Å². The summed E-state index contributed by atoms with van der Waals surface area (Å²) in [7, 11) is 0. The van der Waals surface area contributed by atoms with Gasteiger partial charge < -0.3 is 30.6 Å². The van der Waals surface area contributed by atoms with Crippen molar-refractivity contribution in [2.45, 2.75) is 5.41 Å². The van der Waals surface area contributed by atoms with Gasteiger partial charge in [0, 0.05) is 0 Å². The molecular formula is C43H26O12. The molecule has 7 rings (SSSR count). The number of carboxylic acids is 6. The van der Waals surface area contributed by atoms with Gasteiger partial charge in [-0.3, -0.25) is 0 Å². The highest BCUT2D eigenvalue weighted by atomic mass is 16.4. The smallest absolute Gasteiger partial charge is 0.336 e. The zero-order valence-electron chi connectivity index (χ0n) is 28.2. The maximum absolute atomic E-state index is 13.6. The monoisotopic (exact) mass is 734 g/mol. The minimum absolute atomic E-state index is 0.0223. The van der Waals surface area contributed by atoms with E-state index in [2.05, 4.69) is 0 Å². The van der Waals surface area contributed by atoms with Gasteiger partial charge in [-0.1, -0.05) is 97.1 Å². The first-order chi connectivity index (χ1) is 26.3. The third-order valence-electron chi connectivity index (χ3n) is 9.90. The molecule has 6 N–H and O–H groups in total. The van der Waals surface area contributed by atoms with E-state index in [9.17, 15) is 59.4 Å². The molecule has 0 aromatic heterocycles. The summed E-state index contributed by atoms with van der Waals surface area (Å²) < 4.78 is 0. The Morgan fingerprint density at radius 2 is 0.655 bits per heavy atom. The standard InChI is InChI=1S/C43H26O12/c44-37(45)27-17-15-21(19-29(27)39(48)49)23-9-5-13-33(35(23)41(52)53)43(31-11-3-1-7-25(31)26-8-2-4-12-32(26)43)34-14-6-10-24(36(34)42(54)55)22-16-18-28(38(46)47)30(20-22)40(50)51/h1-20H,(H,44,45)(H,46,47)(H,48,49)(H,50,51)(H,52,53)(H,54,55). The van der Waals surface area contributed by atoms with Gasteiger partial charge in [-0.25, -0.2) is 28.8 Å². The molecule has 0 spiro atoms. The van der Waals surface area contributed by atoms with Gasteiger partial charge in [0.15, 0.2) is 0 Å². The third kappa shape index (κ3) is 5.47. The third-order valence-corrected chi connectivity index (χ3v) is 9.90. The molecular weight excluding hydrogens is 708 g/mol. The van der Waals surface area contributed by atoms with Gasteiger partial charge in [-0.2, -0.15) is 0 Å². The van der Waals surface area contributed by atoms with E-state index in [0.29, 0.717) is 22.3 Å². The molecule has 0 unspecified atom stereocenters. The lowest BCUT2D eigenvalue weighted by molar-refractivity contribution is 0.0651. The van der Waals surface area contributed by atoms with E-state index in [-0.39, 0.29) is 44.5 Å². The topological polar surface area (TPSA) is 224 Å². The lowest BCUT2D eigenvalue weighted by Crippen LogP contribution is -2.33. The molecule has 1 aliphatic rings. The summed E-state index contributed by atoms with van der Waals surface area (Å²) in [6, 6.07) is 30.1. The average molecular weight is 735 g/mol. The maximum atomic E-state index is 13.6.